The van der Waals surface area contributed by atoms with Crippen molar-refractivity contribution in [3.8, 4) is 0 Å². The van der Waals surface area contributed by atoms with Crippen molar-refractivity contribution in [1.29, 1.82) is 0 Å². The van der Waals surface area contributed by atoms with Gasteiger partial charge in [-0.1, -0.05) is 24.3 Å². The smallest absolute Gasteiger partial charge is 1.00 e. The Labute approximate surface area is 506 Å². The van der Waals surface area contributed by atoms with E-state index in [9.17, 15) is 37.5 Å². The number of benzene rings is 3. The minimum atomic E-state index is -1.01. The number of hydrogen-bond acceptors (Lipinski definition) is 11. The number of hydrogen-bond donors (Lipinski definition) is 1. The fourth-order valence-electron chi connectivity index (χ4n) is 9.22. The number of rotatable bonds is 8. The number of likely N-dealkylation sites (tertiary alicyclic amines) is 5. The van der Waals surface area contributed by atoms with E-state index in [0.717, 1.165) is 37.6 Å². The Bertz CT molecular complexity index is 2250. The number of ether oxygens (including phenoxy) is 4. The van der Waals surface area contributed by atoms with Crippen molar-refractivity contribution >= 4 is 58.7 Å². The van der Waals surface area contributed by atoms with Crippen LogP contribution in [0.5, 0.6) is 0 Å². The summed E-state index contributed by atoms with van der Waals surface area (Å²) in [5.74, 6) is 0.235. The summed E-state index contributed by atoms with van der Waals surface area (Å²) < 4.78 is 60.7. The predicted octanol–water partition coefficient (Wildman–Crippen LogP) is 8.36. The van der Waals surface area contributed by atoms with Gasteiger partial charge in [-0.05, 0) is 175 Å². The van der Waals surface area contributed by atoms with Crippen LogP contribution in [0.3, 0.4) is 0 Å². The molecule has 5 heterocycles. The maximum atomic E-state index is 13.4. The summed E-state index contributed by atoms with van der Waals surface area (Å²) in [7, 11) is 0. The molecule has 444 valence electrons. The van der Waals surface area contributed by atoms with E-state index in [1.807, 2.05) is 74.4 Å². The van der Waals surface area contributed by atoms with E-state index in [1.165, 1.54) is 87.3 Å². The summed E-state index contributed by atoms with van der Waals surface area (Å²) in [6, 6.07) is 21.0. The van der Waals surface area contributed by atoms with Crippen LogP contribution in [0.15, 0.2) is 72.8 Å². The Morgan fingerprint density at radius 3 is 1.26 bits per heavy atom. The summed E-state index contributed by atoms with van der Waals surface area (Å²) in [6.07, 6.45) is 7.41. The second kappa shape index (κ2) is 34.8. The molecule has 5 fully saturated rings. The molecule has 3 aromatic carbocycles. The second-order valence-corrected chi connectivity index (χ2v) is 23.7. The van der Waals surface area contributed by atoms with Gasteiger partial charge in [0, 0.05) is 76.9 Å². The van der Waals surface area contributed by atoms with Crippen LogP contribution >= 0.6 is 11.6 Å². The van der Waals surface area contributed by atoms with E-state index < -0.39 is 28.0 Å². The normalized spacial score (nSPS) is 18.1. The Kier molecular flexibility index (Phi) is 31.5. The number of halogens is 5. The van der Waals surface area contributed by atoms with Gasteiger partial charge in [0.05, 0.1) is 17.8 Å². The van der Waals surface area contributed by atoms with E-state index >= 15 is 0 Å². The summed E-state index contributed by atoms with van der Waals surface area (Å²) in [4.78, 5) is 56.6. The monoisotopic (exact) mass is 1220 g/mol. The van der Waals surface area contributed by atoms with Gasteiger partial charge in [0.1, 0.15) is 34.2 Å². The number of nitrogens with zero attached hydrogens (tertiary/aromatic N) is 5. The largest absolute Gasteiger partial charge is 2.00 e. The van der Waals surface area contributed by atoms with Crippen LogP contribution < -0.4 is 17.0 Å². The zero-order chi connectivity index (χ0) is 57.6. The minimum Gasteiger partial charge on any atom is -1.00 e. The summed E-state index contributed by atoms with van der Waals surface area (Å²) in [6.45, 7) is 27.0. The molecule has 5 aliphatic rings. The van der Waals surface area contributed by atoms with Crippen molar-refractivity contribution in [2.75, 3.05) is 91.0 Å². The van der Waals surface area contributed by atoms with Crippen LogP contribution in [0.1, 0.15) is 138 Å². The molecule has 0 aromatic heterocycles. The van der Waals surface area contributed by atoms with Crippen molar-refractivity contribution in [3.63, 3.8) is 0 Å². The molecule has 0 saturated carbocycles. The van der Waals surface area contributed by atoms with E-state index in [0.29, 0.717) is 90.0 Å². The van der Waals surface area contributed by atoms with Crippen LogP contribution in [0.4, 0.5) is 27.6 Å². The molecule has 20 heteroatoms. The standard InChI is InChI=1S/C22H33FN2O3.C16H22FNO3.C10H17NO3.C6H12ClN.C6H4F.BrH.Mg/c1-21(2,3)28-20(26)25-14-10-22(11-15-25,18-6-8-19(23)9-7-18)27-17-16-24-12-4-5-13-24;1-15(2,3)21-14(19)18-10-8-16(20,9-11-18)12-4-6-13(17)7-5-12;1-10(2,3)14-9(13)11-6-4-8(12)5-7-11;7-3-6-8-4-1-2-5-8;7-6-4-2-1-3-5-6;;/h6-9H,4-5,10-17H2,1-3H3;4-7,20H,8-11H2,1-3H3;4-7H2,1-3H3;1-6H2;2-5H;1H;/q;;;;-1;;+2/p-1. The molecule has 0 spiro atoms. The molecule has 80 heavy (non-hydrogen) atoms. The minimum absolute atomic E-state index is 0. The Balaban J connectivity index is 0.000000370. The molecule has 0 atom stereocenters. The van der Waals surface area contributed by atoms with Crippen LogP contribution in [0.25, 0.3) is 0 Å². The van der Waals surface area contributed by atoms with Crippen molar-refractivity contribution in [2.45, 2.75) is 155 Å². The van der Waals surface area contributed by atoms with Crippen molar-refractivity contribution < 1.29 is 73.4 Å². The summed E-state index contributed by atoms with van der Waals surface area (Å²) >= 11 is 5.54. The molecule has 5 aliphatic heterocycles. The molecular formula is C60H88BrClF3MgN5O9. The molecular weight excluding hydrogens is 1130 g/mol. The Hall–Kier alpha value is -3.69. The third kappa shape index (κ3) is 27.1. The van der Waals surface area contributed by atoms with E-state index in [4.69, 9.17) is 30.5 Å². The fourth-order valence-corrected chi connectivity index (χ4v) is 9.45. The Morgan fingerprint density at radius 2 is 0.900 bits per heavy atom. The van der Waals surface area contributed by atoms with Crippen molar-refractivity contribution in [2.24, 2.45) is 0 Å². The van der Waals surface area contributed by atoms with Gasteiger partial charge in [-0.3, -0.25) is 4.79 Å². The molecule has 0 bridgehead atoms. The molecule has 5 saturated heterocycles. The van der Waals surface area contributed by atoms with Crippen molar-refractivity contribution in [3.05, 3.63) is 107 Å². The molecule has 0 unspecified atom stereocenters. The third-order valence-corrected chi connectivity index (χ3v) is 13.6. The summed E-state index contributed by atoms with van der Waals surface area (Å²) in [5, 5.41) is 10.7. The van der Waals surface area contributed by atoms with Gasteiger partial charge in [0.15, 0.2) is 0 Å². The average molecular weight is 1220 g/mol. The Morgan fingerprint density at radius 1 is 0.550 bits per heavy atom. The summed E-state index contributed by atoms with van der Waals surface area (Å²) in [5.41, 5.74) is -1.31. The first-order valence-corrected chi connectivity index (χ1v) is 28.2. The first-order chi connectivity index (χ1) is 36.7. The van der Waals surface area contributed by atoms with E-state index in [2.05, 4.69) is 15.9 Å². The van der Waals surface area contributed by atoms with Gasteiger partial charge < -0.3 is 65.5 Å². The predicted molar refractivity (Wildman–Crippen MR) is 304 cm³/mol. The van der Waals surface area contributed by atoms with Gasteiger partial charge in [-0.25, -0.2) is 27.6 Å². The number of amides is 3. The quantitative estimate of drug-likeness (QED) is 0.101. The zero-order valence-electron chi connectivity index (χ0n) is 48.9. The number of aliphatic hydroxyl groups is 1. The molecule has 3 amide bonds. The van der Waals surface area contributed by atoms with E-state index in [-0.39, 0.29) is 81.5 Å². The first-order valence-electron chi connectivity index (χ1n) is 27.6. The number of carbonyl (C=O) groups excluding carboxylic acids is 4. The molecule has 14 nitrogen and oxygen atoms in total. The SMILES string of the molecule is CC(C)(C)OC(=O)N1CCC(=O)CC1.CC(C)(C)OC(=O)N1CCC(O)(c2ccc(F)cc2)CC1.CC(C)(C)OC(=O)N1CCC(OCCN2CCCC2)(c2ccc(F)cc2)CC1.ClCCN1CCCC1.Fc1cc[c-]cc1.[Br-].[Mg+2]. The second-order valence-electron chi connectivity index (χ2n) is 23.3. The third-order valence-electron chi connectivity index (χ3n) is 13.5. The fraction of sp³-hybridized carbons (Fsp3) is 0.633. The zero-order valence-corrected chi connectivity index (χ0v) is 52.7. The maximum Gasteiger partial charge on any atom is 2.00 e. The topological polar surface area (TPSA) is 142 Å². The maximum absolute atomic E-state index is 13.4. The molecule has 0 radical (unpaired) electrons. The number of alkyl halides is 1. The van der Waals surface area contributed by atoms with Gasteiger partial charge in [-0.2, -0.15) is 18.2 Å². The van der Waals surface area contributed by atoms with Gasteiger partial charge in [0.25, 0.3) is 0 Å². The number of carbonyl (C=O) groups is 4. The first kappa shape index (κ1) is 72.4. The van der Waals surface area contributed by atoms with Crippen molar-refractivity contribution in [1.82, 2.24) is 24.5 Å². The molecule has 8 rings (SSSR count). The van der Waals surface area contributed by atoms with Crippen LogP contribution in [-0.4, -0.2) is 185 Å². The van der Waals surface area contributed by atoms with Crippen LogP contribution in [-0.2, 0) is 34.9 Å². The van der Waals surface area contributed by atoms with Gasteiger partial charge in [0.2, 0.25) is 0 Å². The molecule has 0 aliphatic carbocycles. The number of ketones is 1. The van der Waals surface area contributed by atoms with Gasteiger partial charge in [-0.15, -0.1) is 23.7 Å². The van der Waals surface area contributed by atoms with Crippen LogP contribution in [0, 0.1) is 23.5 Å². The van der Waals surface area contributed by atoms with Gasteiger partial charge >= 0.3 is 41.3 Å². The average Bonchev–Trinajstić information content (AvgIpc) is 4.10. The van der Waals surface area contributed by atoms with Crippen LogP contribution in [0.2, 0.25) is 0 Å². The number of piperidine rings is 3. The van der Waals surface area contributed by atoms with E-state index in [1.54, 1.807) is 26.8 Å². The molecule has 3 aromatic rings. The molecule has 1 N–H and O–H groups in total. The number of Topliss-reactive ketones (excluding diaryl/α,β-unsaturated/α-hetero) is 1.